The SMILES string of the molecule is CC(CCC(=O)O)NCCCCCCO. The minimum absolute atomic E-state index is 0.235. The zero-order valence-corrected chi connectivity index (χ0v) is 9.54. The van der Waals surface area contributed by atoms with Crippen molar-refractivity contribution in [1.29, 1.82) is 0 Å². The Labute approximate surface area is 91.7 Å². The van der Waals surface area contributed by atoms with E-state index in [-0.39, 0.29) is 19.1 Å². The number of aliphatic hydroxyl groups is 1. The summed E-state index contributed by atoms with van der Waals surface area (Å²) >= 11 is 0. The number of aliphatic carboxylic acids is 1. The van der Waals surface area contributed by atoms with Gasteiger partial charge in [-0.25, -0.2) is 0 Å². The molecule has 1 atom stereocenters. The van der Waals surface area contributed by atoms with Crippen LogP contribution in [0.3, 0.4) is 0 Å². The Morgan fingerprint density at radius 1 is 1.27 bits per heavy atom. The van der Waals surface area contributed by atoms with Crippen LogP contribution >= 0.6 is 0 Å². The van der Waals surface area contributed by atoms with Gasteiger partial charge in [0.05, 0.1) is 0 Å². The first-order valence-electron chi connectivity index (χ1n) is 5.73. The largest absolute Gasteiger partial charge is 0.481 e. The molecule has 0 aromatic heterocycles. The fourth-order valence-corrected chi connectivity index (χ4v) is 1.38. The molecule has 4 nitrogen and oxygen atoms in total. The van der Waals surface area contributed by atoms with Gasteiger partial charge in [0.25, 0.3) is 0 Å². The summed E-state index contributed by atoms with van der Waals surface area (Å²) in [5.41, 5.74) is 0. The number of hydrogen-bond acceptors (Lipinski definition) is 3. The second-order valence-corrected chi connectivity index (χ2v) is 3.93. The predicted molar refractivity (Wildman–Crippen MR) is 59.9 cm³/mol. The van der Waals surface area contributed by atoms with Gasteiger partial charge in [-0.15, -0.1) is 0 Å². The molecule has 0 radical (unpaired) electrons. The van der Waals surface area contributed by atoms with Crippen LogP contribution in [-0.4, -0.2) is 35.4 Å². The second kappa shape index (κ2) is 9.93. The molecule has 0 aliphatic rings. The van der Waals surface area contributed by atoms with E-state index in [1.54, 1.807) is 0 Å². The van der Waals surface area contributed by atoms with Crippen LogP contribution in [0.4, 0.5) is 0 Å². The van der Waals surface area contributed by atoms with E-state index in [0.29, 0.717) is 6.42 Å². The Kier molecular flexibility index (Phi) is 9.52. The fourth-order valence-electron chi connectivity index (χ4n) is 1.38. The summed E-state index contributed by atoms with van der Waals surface area (Å²) in [5, 5.41) is 20.3. The van der Waals surface area contributed by atoms with Gasteiger partial charge in [-0.05, 0) is 32.7 Å². The van der Waals surface area contributed by atoms with Gasteiger partial charge in [-0.1, -0.05) is 12.8 Å². The molecular weight excluding hydrogens is 194 g/mol. The van der Waals surface area contributed by atoms with Crippen molar-refractivity contribution in [2.75, 3.05) is 13.2 Å². The number of nitrogens with one attached hydrogen (secondary N) is 1. The second-order valence-electron chi connectivity index (χ2n) is 3.93. The third-order valence-corrected chi connectivity index (χ3v) is 2.37. The van der Waals surface area contributed by atoms with Gasteiger partial charge < -0.3 is 15.5 Å². The van der Waals surface area contributed by atoms with Gasteiger partial charge in [0.1, 0.15) is 0 Å². The van der Waals surface area contributed by atoms with Crippen LogP contribution in [-0.2, 0) is 4.79 Å². The molecule has 90 valence electrons. The predicted octanol–water partition coefficient (Wildman–Crippen LogP) is 1.38. The van der Waals surface area contributed by atoms with Gasteiger partial charge in [-0.3, -0.25) is 4.79 Å². The van der Waals surface area contributed by atoms with Crippen molar-refractivity contribution >= 4 is 5.97 Å². The third kappa shape index (κ3) is 11.3. The summed E-state index contributed by atoms with van der Waals surface area (Å²) in [4.78, 5) is 10.3. The maximum absolute atomic E-state index is 10.3. The summed E-state index contributed by atoms with van der Waals surface area (Å²) in [6.45, 7) is 3.23. The summed E-state index contributed by atoms with van der Waals surface area (Å²) in [7, 11) is 0. The summed E-state index contributed by atoms with van der Waals surface area (Å²) in [6.07, 6.45) is 5.09. The topological polar surface area (TPSA) is 69.6 Å². The molecule has 0 spiro atoms. The first-order valence-corrected chi connectivity index (χ1v) is 5.73. The van der Waals surface area contributed by atoms with Crippen molar-refractivity contribution in [2.24, 2.45) is 0 Å². The number of carboxylic acid groups (broad SMARTS) is 1. The standard InChI is InChI=1S/C11H23NO3/c1-10(6-7-11(14)15)12-8-4-2-3-5-9-13/h10,12-13H,2-9H2,1H3,(H,14,15). The number of unbranched alkanes of at least 4 members (excludes halogenated alkanes) is 3. The van der Waals surface area contributed by atoms with Crippen molar-refractivity contribution in [1.82, 2.24) is 5.32 Å². The number of carboxylic acids is 1. The van der Waals surface area contributed by atoms with Gasteiger partial charge in [-0.2, -0.15) is 0 Å². The Morgan fingerprint density at radius 3 is 2.53 bits per heavy atom. The van der Waals surface area contributed by atoms with Crippen molar-refractivity contribution in [3.63, 3.8) is 0 Å². The molecule has 0 saturated carbocycles. The average Bonchev–Trinajstić information content (AvgIpc) is 2.20. The molecule has 0 aliphatic heterocycles. The smallest absolute Gasteiger partial charge is 0.303 e. The highest BCUT2D eigenvalue weighted by Gasteiger charge is 2.03. The van der Waals surface area contributed by atoms with Crippen LogP contribution in [0.15, 0.2) is 0 Å². The van der Waals surface area contributed by atoms with Crippen molar-refractivity contribution < 1.29 is 15.0 Å². The molecule has 0 aromatic carbocycles. The number of aliphatic hydroxyl groups excluding tert-OH is 1. The van der Waals surface area contributed by atoms with E-state index in [0.717, 1.165) is 32.2 Å². The Balaban J connectivity index is 3.16. The molecule has 0 saturated heterocycles. The molecule has 0 rings (SSSR count). The van der Waals surface area contributed by atoms with Crippen LogP contribution < -0.4 is 5.32 Å². The zero-order chi connectivity index (χ0) is 11.5. The maximum Gasteiger partial charge on any atom is 0.303 e. The highest BCUT2D eigenvalue weighted by Crippen LogP contribution is 2.00. The molecule has 0 fully saturated rings. The van der Waals surface area contributed by atoms with Gasteiger partial charge in [0.2, 0.25) is 0 Å². The Bertz CT molecular complexity index is 162. The molecule has 4 heteroatoms. The minimum Gasteiger partial charge on any atom is -0.481 e. The van der Waals surface area contributed by atoms with E-state index in [9.17, 15) is 4.79 Å². The van der Waals surface area contributed by atoms with E-state index < -0.39 is 5.97 Å². The van der Waals surface area contributed by atoms with Crippen LogP contribution in [0.1, 0.15) is 45.4 Å². The highest BCUT2D eigenvalue weighted by atomic mass is 16.4. The fraction of sp³-hybridized carbons (Fsp3) is 0.909. The number of hydrogen-bond donors (Lipinski definition) is 3. The lowest BCUT2D eigenvalue weighted by molar-refractivity contribution is -0.137. The summed E-state index contributed by atoms with van der Waals surface area (Å²) < 4.78 is 0. The molecular formula is C11H23NO3. The van der Waals surface area contributed by atoms with E-state index in [1.807, 2.05) is 6.92 Å². The highest BCUT2D eigenvalue weighted by molar-refractivity contribution is 5.66. The normalized spacial score (nSPS) is 12.7. The van der Waals surface area contributed by atoms with E-state index in [1.165, 1.54) is 0 Å². The van der Waals surface area contributed by atoms with Gasteiger partial charge in [0, 0.05) is 19.1 Å². The lowest BCUT2D eigenvalue weighted by atomic mass is 10.1. The molecule has 1 unspecified atom stereocenters. The minimum atomic E-state index is -0.730. The molecule has 0 amide bonds. The number of rotatable bonds is 10. The summed E-state index contributed by atoms with van der Waals surface area (Å²) in [5.74, 6) is -0.730. The third-order valence-electron chi connectivity index (χ3n) is 2.37. The molecule has 0 aliphatic carbocycles. The monoisotopic (exact) mass is 217 g/mol. The Morgan fingerprint density at radius 2 is 1.93 bits per heavy atom. The quantitative estimate of drug-likeness (QED) is 0.484. The van der Waals surface area contributed by atoms with Crippen LogP contribution in [0.2, 0.25) is 0 Å². The first kappa shape index (κ1) is 14.4. The van der Waals surface area contributed by atoms with Crippen molar-refractivity contribution in [3.8, 4) is 0 Å². The van der Waals surface area contributed by atoms with Crippen LogP contribution in [0.25, 0.3) is 0 Å². The molecule has 0 aromatic rings. The average molecular weight is 217 g/mol. The molecule has 15 heavy (non-hydrogen) atoms. The van der Waals surface area contributed by atoms with Gasteiger partial charge in [0.15, 0.2) is 0 Å². The van der Waals surface area contributed by atoms with Crippen LogP contribution in [0, 0.1) is 0 Å². The van der Waals surface area contributed by atoms with E-state index >= 15 is 0 Å². The molecule has 0 heterocycles. The Hall–Kier alpha value is -0.610. The van der Waals surface area contributed by atoms with Crippen molar-refractivity contribution in [3.05, 3.63) is 0 Å². The lowest BCUT2D eigenvalue weighted by Crippen LogP contribution is -2.27. The first-order chi connectivity index (χ1) is 7.16. The number of carbonyl (C=O) groups is 1. The lowest BCUT2D eigenvalue weighted by Gasteiger charge is -2.12. The molecule has 0 bridgehead atoms. The van der Waals surface area contributed by atoms with E-state index in [4.69, 9.17) is 10.2 Å². The molecule has 3 N–H and O–H groups in total. The van der Waals surface area contributed by atoms with Gasteiger partial charge >= 0.3 is 5.97 Å². The zero-order valence-electron chi connectivity index (χ0n) is 9.54. The summed E-state index contributed by atoms with van der Waals surface area (Å²) in [6, 6.07) is 0.277. The van der Waals surface area contributed by atoms with E-state index in [2.05, 4.69) is 5.32 Å². The van der Waals surface area contributed by atoms with Crippen LogP contribution in [0.5, 0.6) is 0 Å². The van der Waals surface area contributed by atoms with Crippen molar-refractivity contribution in [2.45, 2.75) is 51.5 Å². The maximum atomic E-state index is 10.3.